The molecule has 3 unspecified atom stereocenters. The first-order valence-electron chi connectivity index (χ1n) is 10.2. The maximum absolute atomic E-state index is 9.57. The molecule has 0 rings (SSSR count). The van der Waals surface area contributed by atoms with Gasteiger partial charge in [-0.25, -0.2) is 0 Å². The lowest BCUT2D eigenvalue weighted by Gasteiger charge is -2.30. The van der Waals surface area contributed by atoms with Crippen molar-refractivity contribution in [2.45, 2.75) is 58.3 Å². The first-order chi connectivity index (χ1) is 13.3. The summed E-state index contributed by atoms with van der Waals surface area (Å²) in [7, 11) is 0. The van der Waals surface area contributed by atoms with Gasteiger partial charge in [-0.05, 0) is 37.9 Å². The highest BCUT2D eigenvalue weighted by Crippen LogP contribution is 2.01. The standard InChI is InChI=1S/C12H25N3O2.C9H19NO/c1-4-11(16)8-14(5-2)10-15(6-3)9-12(17)7-13;1-4-7-10(6-3)8-9(11)5-2/h5-6,11-12,16-17H,2-4,7-10,13H2,1H3;6,9,11H,3-5,7-8H2,1-2H3. The Morgan fingerprint density at radius 2 is 1.14 bits per heavy atom. The second kappa shape index (κ2) is 18.8. The van der Waals surface area contributed by atoms with E-state index in [4.69, 9.17) is 5.73 Å². The third-order valence-corrected chi connectivity index (χ3v) is 4.20. The van der Waals surface area contributed by atoms with Crippen molar-refractivity contribution in [1.82, 2.24) is 14.7 Å². The predicted molar refractivity (Wildman–Crippen MR) is 118 cm³/mol. The zero-order chi connectivity index (χ0) is 21.9. The van der Waals surface area contributed by atoms with Crippen molar-refractivity contribution in [3.05, 3.63) is 38.3 Å². The zero-order valence-electron chi connectivity index (χ0n) is 18.2. The topological polar surface area (TPSA) is 96.4 Å². The summed E-state index contributed by atoms with van der Waals surface area (Å²) in [5, 5.41) is 28.3. The van der Waals surface area contributed by atoms with Gasteiger partial charge >= 0.3 is 0 Å². The molecule has 0 bridgehead atoms. The van der Waals surface area contributed by atoms with E-state index in [-0.39, 0.29) is 18.8 Å². The third-order valence-electron chi connectivity index (χ3n) is 4.20. The number of aliphatic hydroxyl groups excluding tert-OH is 3. The minimum absolute atomic E-state index is 0.209. The Bertz CT molecular complexity index is 374. The Labute approximate surface area is 172 Å². The summed E-state index contributed by atoms with van der Waals surface area (Å²) in [6.07, 6.45) is 6.56. The molecule has 0 saturated heterocycles. The van der Waals surface area contributed by atoms with Crippen LogP contribution in [0.15, 0.2) is 38.3 Å². The second-order valence-corrected chi connectivity index (χ2v) is 6.74. The van der Waals surface area contributed by atoms with Gasteiger partial charge in [-0.3, -0.25) is 0 Å². The average molecular weight is 401 g/mol. The fraction of sp³-hybridized carbons (Fsp3) is 0.714. The molecule has 0 heterocycles. The van der Waals surface area contributed by atoms with Gasteiger partial charge in [-0.15, -0.1) is 0 Å². The van der Waals surface area contributed by atoms with Crippen LogP contribution in [-0.2, 0) is 0 Å². The summed E-state index contributed by atoms with van der Waals surface area (Å²) >= 11 is 0. The van der Waals surface area contributed by atoms with Gasteiger partial charge in [0.15, 0.2) is 0 Å². The summed E-state index contributed by atoms with van der Waals surface area (Å²) < 4.78 is 0. The summed E-state index contributed by atoms with van der Waals surface area (Å²) in [5.41, 5.74) is 5.36. The van der Waals surface area contributed by atoms with E-state index in [1.165, 1.54) is 0 Å². The Morgan fingerprint density at radius 3 is 1.46 bits per heavy atom. The van der Waals surface area contributed by atoms with Crippen molar-refractivity contribution in [2.75, 3.05) is 39.4 Å². The molecule has 0 aliphatic heterocycles. The lowest BCUT2D eigenvalue weighted by Crippen LogP contribution is -2.40. The zero-order valence-corrected chi connectivity index (χ0v) is 18.2. The van der Waals surface area contributed by atoms with Crippen LogP contribution in [0.1, 0.15) is 40.0 Å². The van der Waals surface area contributed by atoms with Gasteiger partial charge < -0.3 is 35.8 Å². The number of nitrogens with zero attached hydrogens (tertiary/aromatic N) is 3. The molecule has 0 amide bonds. The van der Waals surface area contributed by atoms with Crippen LogP contribution in [0.5, 0.6) is 0 Å². The minimum Gasteiger partial charge on any atom is -0.391 e. The molecule has 0 aliphatic carbocycles. The Kier molecular flexibility index (Phi) is 19.3. The summed E-state index contributed by atoms with van der Waals surface area (Å²) in [6.45, 7) is 20.5. The third kappa shape index (κ3) is 15.5. The monoisotopic (exact) mass is 400 g/mol. The van der Waals surface area contributed by atoms with E-state index in [9.17, 15) is 15.3 Å². The lowest BCUT2D eigenvalue weighted by atomic mass is 10.2. The van der Waals surface area contributed by atoms with Crippen LogP contribution >= 0.6 is 0 Å². The van der Waals surface area contributed by atoms with E-state index in [1.54, 1.807) is 18.6 Å². The van der Waals surface area contributed by atoms with E-state index in [0.717, 1.165) is 19.4 Å². The van der Waals surface area contributed by atoms with E-state index >= 15 is 0 Å². The minimum atomic E-state index is -0.573. The van der Waals surface area contributed by atoms with Crippen molar-refractivity contribution in [1.29, 1.82) is 0 Å². The van der Waals surface area contributed by atoms with Gasteiger partial charge in [0.2, 0.25) is 0 Å². The van der Waals surface area contributed by atoms with Crippen molar-refractivity contribution >= 4 is 0 Å². The van der Waals surface area contributed by atoms with Crippen LogP contribution in [0.2, 0.25) is 0 Å². The number of aliphatic hydroxyl groups is 3. The largest absolute Gasteiger partial charge is 0.391 e. The van der Waals surface area contributed by atoms with Crippen LogP contribution < -0.4 is 5.73 Å². The quantitative estimate of drug-likeness (QED) is 0.292. The first kappa shape index (κ1) is 28.7. The average Bonchev–Trinajstić information content (AvgIpc) is 2.71. The summed E-state index contributed by atoms with van der Waals surface area (Å²) in [6, 6.07) is 0. The molecule has 0 aromatic rings. The molecule has 7 heteroatoms. The highest BCUT2D eigenvalue weighted by atomic mass is 16.3. The van der Waals surface area contributed by atoms with E-state index in [2.05, 4.69) is 26.7 Å². The van der Waals surface area contributed by atoms with Crippen LogP contribution in [0.4, 0.5) is 0 Å². The van der Waals surface area contributed by atoms with Crippen LogP contribution in [0, 0.1) is 0 Å². The number of nitrogens with two attached hydrogens (primary N) is 1. The molecule has 0 aliphatic rings. The molecular formula is C21H44N4O3. The van der Waals surface area contributed by atoms with Crippen LogP contribution in [0.25, 0.3) is 0 Å². The highest BCUT2D eigenvalue weighted by molar-refractivity contribution is 4.80. The van der Waals surface area contributed by atoms with Gasteiger partial charge in [-0.1, -0.05) is 40.5 Å². The predicted octanol–water partition coefficient (Wildman–Crippen LogP) is 1.54. The van der Waals surface area contributed by atoms with Gasteiger partial charge in [0, 0.05) is 32.7 Å². The SMILES string of the molecule is C=CN(CC(O)CC)CN(C=C)CC(O)CN.C=CN(CCC)CC(O)CC. The normalized spacial score (nSPS) is 13.4. The van der Waals surface area contributed by atoms with Crippen molar-refractivity contribution in [2.24, 2.45) is 5.73 Å². The second-order valence-electron chi connectivity index (χ2n) is 6.74. The van der Waals surface area contributed by atoms with E-state index < -0.39 is 6.10 Å². The highest BCUT2D eigenvalue weighted by Gasteiger charge is 2.11. The van der Waals surface area contributed by atoms with Gasteiger partial charge in [0.05, 0.1) is 25.0 Å². The molecule has 3 atom stereocenters. The molecule has 166 valence electrons. The number of rotatable bonds is 16. The smallest absolute Gasteiger partial charge is 0.0894 e. The molecule has 0 radical (unpaired) electrons. The molecule has 0 aromatic heterocycles. The Hall–Kier alpha value is -1.54. The maximum Gasteiger partial charge on any atom is 0.0894 e. The maximum atomic E-state index is 9.57. The lowest BCUT2D eigenvalue weighted by molar-refractivity contribution is 0.0875. The summed E-state index contributed by atoms with van der Waals surface area (Å²) in [5.74, 6) is 0. The molecule has 7 nitrogen and oxygen atoms in total. The van der Waals surface area contributed by atoms with Crippen molar-refractivity contribution < 1.29 is 15.3 Å². The Morgan fingerprint density at radius 1 is 0.750 bits per heavy atom. The molecular weight excluding hydrogens is 356 g/mol. The summed E-state index contributed by atoms with van der Waals surface area (Å²) in [4.78, 5) is 5.76. The number of hydrogen-bond acceptors (Lipinski definition) is 7. The van der Waals surface area contributed by atoms with Gasteiger partial charge in [-0.2, -0.15) is 0 Å². The molecule has 28 heavy (non-hydrogen) atoms. The first-order valence-corrected chi connectivity index (χ1v) is 10.2. The van der Waals surface area contributed by atoms with Gasteiger partial charge in [0.25, 0.3) is 0 Å². The fourth-order valence-electron chi connectivity index (χ4n) is 2.30. The molecule has 0 spiro atoms. The molecule has 0 saturated carbocycles. The van der Waals surface area contributed by atoms with E-state index in [1.807, 2.05) is 28.5 Å². The molecule has 5 N–H and O–H groups in total. The van der Waals surface area contributed by atoms with Crippen molar-refractivity contribution in [3.63, 3.8) is 0 Å². The van der Waals surface area contributed by atoms with Crippen molar-refractivity contribution in [3.8, 4) is 0 Å². The Balaban J connectivity index is 0. The number of hydrogen-bond donors (Lipinski definition) is 4. The molecule has 0 aromatic carbocycles. The fourth-order valence-corrected chi connectivity index (χ4v) is 2.30. The van der Waals surface area contributed by atoms with Gasteiger partial charge in [0.1, 0.15) is 0 Å². The van der Waals surface area contributed by atoms with Crippen LogP contribution in [0.3, 0.4) is 0 Å². The van der Waals surface area contributed by atoms with Crippen LogP contribution in [-0.4, -0.2) is 87.7 Å². The molecule has 0 fully saturated rings. The van der Waals surface area contributed by atoms with E-state index in [0.29, 0.717) is 32.7 Å².